The van der Waals surface area contributed by atoms with Crippen molar-refractivity contribution in [2.24, 2.45) is 0 Å². The molecular weight excluding hydrogens is 875 g/mol. The molecule has 0 radical (unpaired) electrons. The molecule has 0 saturated carbocycles. The van der Waals surface area contributed by atoms with Crippen LogP contribution < -0.4 is 5.32 Å². The lowest BCUT2D eigenvalue weighted by molar-refractivity contribution is -0.302. The Kier molecular flexibility index (Phi) is 47.5. The second-order valence-corrected chi connectivity index (χ2v) is 20.4. The third-order valence-corrected chi connectivity index (χ3v) is 13.8. The zero-order valence-electron chi connectivity index (χ0n) is 45.3. The topological polar surface area (TPSA) is 149 Å². The van der Waals surface area contributed by atoms with Crippen LogP contribution in [0.3, 0.4) is 0 Å². The van der Waals surface area contributed by atoms with Crippen LogP contribution in [-0.2, 0) is 14.3 Å². The van der Waals surface area contributed by atoms with Crippen molar-refractivity contribution < 1.29 is 39.8 Å². The SMILES string of the molecule is CCCCCCCC/C=C/CC/C=C/CC/C=C/C(O)C(COC1OC(CO)C(O)C(O)C1O)NC(=O)CCCCCCCCCCCCCCCCC/C=C\C/C=C\CCCCCCCCCCC. The van der Waals surface area contributed by atoms with Crippen LogP contribution in [0.5, 0.6) is 0 Å². The van der Waals surface area contributed by atoms with E-state index in [2.05, 4.69) is 67.8 Å². The summed E-state index contributed by atoms with van der Waals surface area (Å²) >= 11 is 0. The molecule has 408 valence electrons. The molecule has 1 heterocycles. The van der Waals surface area contributed by atoms with Crippen LogP contribution in [0.25, 0.3) is 0 Å². The van der Waals surface area contributed by atoms with Gasteiger partial charge in [-0.2, -0.15) is 0 Å². The number of allylic oxidation sites excluding steroid dienone is 9. The van der Waals surface area contributed by atoms with Gasteiger partial charge in [-0.1, -0.05) is 242 Å². The lowest BCUT2D eigenvalue weighted by Gasteiger charge is -2.40. The molecular formula is C61H111NO8. The Labute approximate surface area is 430 Å². The Morgan fingerprint density at radius 2 is 0.857 bits per heavy atom. The molecule has 9 heteroatoms. The monoisotopic (exact) mass is 986 g/mol. The molecule has 7 atom stereocenters. The number of nitrogens with one attached hydrogen (secondary N) is 1. The number of unbranched alkanes of at least 4 members (excludes halogenated alkanes) is 32. The molecule has 0 aliphatic carbocycles. The maximum Gasteiger partial charge on any atom is 0.220 e. The lowest BCUT2D eigenvalue weighted by Crippen LogP contribution is -2.60. The lowest BCUT2D eigenvalue weighted by atomic mass is 9.99. The fourth-order valence-corrected chi connectivity index (χ4v) is 9.10. The van der Waals surface area contributed by atoms with Gasteiger partial charge in [-0.3, -0.25) is 4.79 Å². The highest BCUT2D eigenvalue weighted by Gasteiger charge is 2.44. The zero-order valence-corrected chi connectivity index (χ0v) is 45.3. The highest BCUT2D eigenvalue weighted by atomic mass is 16.7. The second-order valence-electron chi connectivity index (χ2n) is 20.4. The highest BCUT2D eigenvalue weighted by Crippen LogP contribution is 2.23. The van der Waals surface area contributed by atoms with Gasteiger partial charge < -0.3 is 40.3 Å². The van der Waals surface area contributed by atoms with Crippen molar-refractivity contribution in [1.29, 1.82) is 0 Å². The molecule has 0 aromatic rings. The molecule has 0 aromatic heterocycles. The number of carbonyl (C=O) groups excluding carboxylic acids is 1. The number of hydrogen-bond donors (Lipinski definition) is 6. The van der Waals surface area contributed by atoms with Crippen molar-refractivity contribution in [3.05, 3.63) is 60.8 Å². The maximum atomic E-state index is 13.0. The molecule has 0 spiro atoms. The maximum absolute atomic E-state index is 13.0. The highest BCUT2D eigenvalue weighted by molar-refractivity contribution is 5.76. The van der Waals surface area contributed by atoms with Crippen LogP contribution in [0, 0.1) is 0 Å². The predicted molar refractivity (Wildman–Crippen MR) is 295 cm³/mol. The number of aliphatic hydroxyl groups is 5. The van der Waals surface area contributed by atoms with Gasteiger partial charge in [-0.05, 0) is 77.0 Å². The summed E-state index contributed by atoms with van der Waals surface area (Å²) in [6, 6.07) is -0.830. The van der Waals surface area contributed by atoms with E-state index in [1.807, 2.05) is 6.08 Å². The van der Waals surface area contributed by atoms with Gasteiger partial charge in [0.25, 0.3) is 0 Å². The summed E-state index contributed by atoms with van der Waals surface area (Å²) < 4.78 is 11.2. The van der Waals surface area contributed by atoms with Crippen LogP contribution in [0.1, 0.15) is 264 Å². The fraction of sp³-hybridized carbons (Fsp3) is 0.820. The summed E-state index contributed by atoms with van der Waals surface area (Å²) in [6.07, 6.45) is 61.6. The molecule has 6 N–H and O–H groups in total. The largest absolute Gasteiger partial charge is 0.394 e. The smallest absolute Gasteiger partial charge is 0.220 e. The minimum atomic E-state index is -1.58. The Morgan fingerprint density at radius 3 is 1.29 bits per heavy atom. The molecule has 7 unspecified atom stereocenters. The van der Waals surface area contributed by atoms with E-state index in [0.717, 1.165) is 57.8 Å². The first-order chi connectivity index (χ1) is 34.3. The molecule has 1 rings (SSSR count). The summed E-state index contributed by atoms with van der Waals surface area (Å²) in [5.41, 5.74) is 0. The van der Waals surface area contributed by atoms with Gasteiger partial charge in [0.1, 0.15) is 24.4 Å². The zero-order chi connectivity index (χ0) is 50.8. The van der Waals surface area contributed by atoms with Crippen molar-refractivity contribution in [2.45, 2.75) is 307 Å². The van der Waals surface area contributed by atoms with Crippen molar-refractivity contribution in [3.63, 3.8) is 0 Å². The van der Waals surface area contributed by atoms with Gasteiger partial charge in [0.2, 0.25) is 5.91 Å². The van der Waals surface area contributed by atoms with Crippen LogP contribution in [0.15, 0.2) is 60.8 Å². The Balaban J connectivity index is 2.18. The standard InChI is InChI=1S/C61H111NO8/c1-3-5-7-9-11-13-15-17-19-21-22-23-24-25-26-27-28-29-30-31-32-33-34-35-37-39-41-43-45-47-49-51-57(65)62-54(53-69-61-60(68)59(67)58(66)56(52-63)70-61)55(64)50-48-46-44-42-40-38-36-20-18-16-14-12-10-8-6-4-2/h18,20,22-23,25-26,40,42,48,50,54-56,58-61,63-64,66-68H,3-17,19,21,24,27-39,41,43-47,49,51-53H2,1-2H3,(H,62,65)/b20-18+,23-22-,26-25-,42-40+,50-48+. The first kappa shape index (κ1) is 65.9. The minimum Gasteiger partial charge on any atom is -0.394 e. The number of ether oxygens (including phenoxy) is 2. The van der Waals surface area contributed by atoms with Crippen LogP contribution >= 0.6 is 0 Å². The van der Waals surface area contributed by atoms with Crippen molar-refractivity contribution >= 4 is 5.91 Å². The number of carbonyl (C=O) groups is 1. The number of aliphatic hydroxyl groups excluding tert-OH is 5. The number of rotatable bonds is 50. The number of amides is 1. The number of hydrogen-bond acceptors (Lipinski definition) is 8. The van der Waals surface area contributed by atoms with Crippen LogP contribution in [-0.4, -0.2) is 87.5 Å². The van der Waals surface area contributed by atoms with Gasteiger partial charge in [0.05, 0.1) is 25.4 Å². The van der Waals surface area contributed by atoms with E-state index in [1.165, 1.54) is 186 Å². The van der Waals surface area contributed by atoms with Crippen molar-refractivity contribution in [2.75, 3.05) is 13.2 Å². The van der Waals surface area contributed by atoms with Gasteiger partial charge in [0.15, 0.2) is 6.29 Å². The van der Waals surface area contributed by atoms with Crippen LogP contribution in [0.2, 0.25) is 0 Å². The molecule has 70 heavy (non-hydrogen) atoms. The summed E-state index contributed by atoms with van der Waals surface area (Å²) in [5.74, 6) is -0.191. The van der Waals surface area contributed by atoms with Crippen LogP contribution in [0.4, 0.5) is 0 Å². The van der Waals surface area contributed by atoms with E-state index in [9.17, 15) is 30.3 Å². The van der Waals surface area contributed by atoms with Gasteiger partial charge in [0, 0.05) is 6.42 Å². The van der Waals surface area contributed by atoms with E-state index in [-0.39, 0.29) is 12.5 Å². The van der Waals surface area contributed by atoms with Crippen molar-refractivity contribution in [3.8, 4) is 0 Å². The third-order valence-electron chi connectivity index (χ3n) is 13.8. The van der Waals surface area contributed by atoms with E-state index in [0.29, 0.717) is 6.42 Å². The molecule has 1 aliphatic heterocycles. The van der Waals surface area contributed by atoms with E-state index < -0.39 is 49.5 Å². The fourth-order valence-electron chi connectivity index (χ4n) is 9.10. The van der Waals surface area contributed by atoms with E-state index >= 15 is 0 Å². The van der Waals surface area contributed by atoms with Gasteiger partial charge in [-0.25, -0.2) is 0 Å². The average Bonchev–Trinajstić information content (AvgIpc) is 3.36. The molecule has 0 bridgehead atoms. The quantitative estimate of drug-likeness (QED) is 0.0261. The van der Waals surface area contributed by atoms with Gasteiger partial charge >= 0.3 is 0 Å². The molecule has 1 saturated heterocycles. The molecule has 1 aliphatic rings. The predicted octanol–water partition coefficient (Wildman–Crippen LogP) is 14.7. The van der Waals surface area contributed by atoms with E-state index in [4.69, 9.17) is 9.47 Å². The third kappa shape index (κ3) is 39.4. The minimum absolute atomic E-state index is 0.191. The Bertz CT molecular complexity index is 1280. The average molecular weight is 987 g/mol. The first-order valence-electron chi connectivity index (χ1n) is 29.5. The van der Waals surface area contributed by atoms with E-state index in [1.54, 1.807) is 6.08 Å². The normalized spacial score (nSPS) is 19.8. The Morgan fingerprint density at radius 1 is 0.486 bits per heavy atom. The summed E-state index contributed by atoms with van der Waals surface area (Å²) in [4.78, 5) is 13.0. The molecule has 0 aromatic carbocycles. The summed E-state index contributed by atoms with van der Waals surface area (Å²) in [6.45, 7) is 3.76. The van der Waals surface area contributed by atoms with Gasteiger partial charge in [-0.15, -0.1) is 0 Å². The molecule has 1 fully saturated rings. The second kappa shape index (κ2) is 50.4. The summed E-state index contributed by atoms with van der Waals surface area (Å²) in [7, 11) is 0. The first-order valence-corrected chi connectivity index (χ1v) is 29.5. The molecule has 9 nitrogen and oxygen atoms in total. The van der Waals surface area contributed by atoms with Crippen molar-refractivity contribution in [1.82, 2.24) is 5.32 Å². The summed E-state index contributed by atoms with van der Waals surface area (Å²) in [5, 5.41) is 54.4. The Hall–Kier alpha value is -2.11. The molecule has 1 amide bonds.